The summed E-state index contributed by atoms with van der Waals surface area (Å²) >= 11 is 0. The lowest BCUT2D eigenvalue weighted by molar-refractivity contribution is 0.0441. The second-order valence-electron chi connectivity index (χ2n) is 7.15. The van der Waals surface area contributed by atoms with Crippen LogP contribution in [0.5, 0.6) is 0 Å². The molecule has 0 N–H and O–H groups in total. The van der Waals surface area contributed by atoms with E-state index in [1.807, 2.05) is 24.4 Å². The third-order valence-corrected chi connectivity index (χ3v) is 6.97. The van der Waals surface area contributed by atoms with Crippen LogP contribution in [0.25, 0.3) is 5.69 Å². The van der Waals surface area contributed by atoms with E-state index in [0.29, 0.717) is 25.1 Å². The van der Waals surface area contributed by atoms with Crippen molar-refractivity contribution in [2.75, 3.05) is 24.7 Å². The van der Waals surface area contributed by atoms with E-state index in [1.165, 1.54) is 0 Å². The zero-order valence-electron chi connectivity index (χ0n) is 15.0. The van der Waals surface area contributed by atoms with E-state index in [4.69, 9.17) is 4.74 Å². The summed E-state index contributed by atoms with van der Waals surface area (Å²) < 4.78 is 31.3. The minimum atomic E-state index is -3.07. The van der Waals surface area contributed by atoms with Gasteiger partial charge < -0.3 is 9.64 Å². The number of sulfone groups is 1. The molecule has 1 aromatic heterocycles. The van der Waals surface area contributed by atoms with Crippen LogP contribution >= 0.6 is 0 Å². The Morgan fingerprint density at radius 1 is 1.26 bits per heavy atom. The van der Waals surface area contributed by atoms with Crippen LogP contribution in [0.3, 0.4) is 0 Å². The fourth-order valence-corrected chi connectivity index (χ4v) is 5.50. The number of ether oxygens (including phenoxy) is 1. The van der Waals surface area contributed by atoms with Gasteiger partial charge in [-0.25, -0.2) is 13.1 Å². The topological polar surface area (TPSA) is 81.5 Å². The molecule has 2 aliphatic heterocycles. The summed E-state index contributed by atoms with van der Waals surface area (Å²) in [6.45, 7) is 1.15. The Morgan fingerprint density at radius 3 is 2.67 bits per heavy atom. The third kappa shape index (κ3) is 4.06. The maximum Gasteiger partial charge on any atom is 0.254 e. The Kier molecular flexibility index (Phi) is 5.01. The maximum atomic E-state index is 13.2. The summed E-state index contributed by atoms with van der Waals surface area (Å²) in [5.74, 6) is 0.0433. The predicted molar refractivity (Wildman–Crippen MR) is 101 cm³/mol. The van der Waals surface area contributed by atoms with Crippen molar-refractivity contribution in [3.8, 4) is 5.69 Å². The first-order valence-electron chi connectivity index (χ1n) is 9.25. The maximum absolute atomic E-state index is 13.2. The van der Waals surface area contributed by atoms with E-state index in [-0.39, 0.29) is 29.6 Å². The highest BCUT2D eigenvalue weighted by Gasteiger charge is 2.36. The number of rotatable bonds is 5. The van der Waals surface area contributed by atoms with Gasteiger partial charge in [0.25, 0.3) is 5.91 Å². The standard InChI is InChI=1S/C19H23N3O4S/c23-19(15-4-6-16(7-5-15)22-10-2-9-20-22)21(13-18-3-1-11-26-18)17-8-12-27(24,25)14-17/h2,4-7,9-10,17-18H,1,3,8,11-14H2/t17-,18+/m1/s1. The number of aromatic nitrogens is 2. The number of carbonyl (C=O) groups excluding carboxylic acids is 1. The van der Waals surface area contributed by atoms with E-state index in [9.17, 15) is 13.2 Å². The first-order chi connectivity index (χ1) is 13.0. The molecular weight excluding hydrogens is 366 g/mol. The van der Waals surface area contributed by atoms with Gasteiger partial charge in [0.05, 0.1) is 23.3 Å². The SMILES string of the molecule is O=C(c1ccc(-n2cccn2)cc1)N(C[C@@H]1CCCO1)[C@@H]1CCS(=O)(=O)C1. The van der Waals surface area contributed by atoms with Gasteiger partial charge in [0.1, 0.15) is 0 Å². The highest BCUT2D eigenvalue weighted by molar-refractivity contribution is 7.91. The van der Waals surface area contributed by atoms with E-state index >= 15 is 0 Å². The number of hydrogen-bond acceptors (Lipinski definition) is 5. The number of amides is 1. The van der Waals surface area contributed by atoms with Crippen molar-refractivity contribution in [3.63, 3.8) is 0 Å². The lowest BCUT2D eigenvalue weighted by Gasteiger charge is -2.30. The summed E-state index contributed by atoms with van der Waals surface area (Å²) in [4.78, 5) is 14.9. The van der Waals surface area contributed by atoms with Crippen LogP contribution in [0.4, 0.5) is 0 Å². The first kappa shape index (κ1) is 18.2. The van der Waals surface area contributed by atoms with Crippen LogP contribution in [-0.2, 0) is 14.6 Å². The van der Waals surface area contributed by atoms with Gasteiger partial charge in [-0.15, -0.1) is 0 Å². The largest absolute Gasteiger partial charge is 0.376 e. The molecule has 0 aliphatic carbocycles. The Bertz CT molecular complexity index is 888. The van der Waals surface area contributed by atoms with Crippen molar-refractivity contribution in [2.24, 2.45) is 0 Å². The highest BCUT2D eigenvalue weighted by Crippen LogP contribution is 2.23. The van der Waals surface area contributed by atoms with Crippen LogP contribution in [0.2, 0.25) is 0 Å². The number of nitrogens with zero attached hydrogens (tertiary/aromatic N) is 3. The third-order valence-electron chi connectivity index (χ3n) is 5.22. The molecule has 7 nitrogen and oxygen atoms in total. The summed E-state index contributed by atoms with van der Waals surface area (Å²) in [5.41, 5.74) is 1.42. The van der Waals surface area contributed by atoms with Crippen molar-refractivity contribution in [2.45, 2.75) is 31.4 Å². The second kappa shape index (κ2) is 7.44. The molecular formula is C19H23N3O4S. The van der Waals surface area contributed by atoms with Crippen molar-refractivity contribution in [1.82, 2.24) is 14.7 Å². The van der Waals surface area contributed by atoms with Crippen LogP contribution in [0, 0.1) is 0 Å². The Hall–Kier alpha value is -2.19. The molecule has 27 heavy (non-hydrogen) atoms. The summed E-state index contributed by atoms with van der Waals surface area (Å²) in [7, 11) is -3.07. The molecule has 2 aromatic rings. The molecule has 0 spiro atoms. The van der Waals surface area contributed by atoms with E-state index < -0.39 is 9.84 Å². The Balaban J connectivity index is 1.55. The monoisotopic (exact) mass is 389 g/mol. The van der Waals surface area contributed by atoms with Crippen molar-refractivity contribution < 1.29 is 17.9 Å². The normalized spacial score (nSPS) is 24.1. The highest BCUT2D eigenvalue weighted by atomic mass is 32.2. The molecule has 0 unspecified atom stereocenters. The molecule has 2 fully saturated rings. The van der Waals surface area contributed by atoms with E-state index in [2.05, 4.69) is 5.10 Å². The zero-order chi connectivity index (χ0) is 18.9. The molecule has 2 atom stereocenters. The predicted octanol–water partition coefficient (Wildman–Crippen LogP) is 1.68. The van der Waals surface area contributed by atoms with Gasteiger partial charge in [-0.05, 0) is 49.6 Å². The molecule has 1 aromatic carbocycles. The molecule has 4 rings (SSSR count). The number of carbonyl (C=O) groups is 1. The first-order valence-corrected chi connectivity index (χ1v) is 11.1. The van der Waals surface area contributed by atoms with Crippen LogP contribution in [0.1, 0.15) is 29.6 Å². The van der Waals surface area contributed by atoms with Crippen LogP contribution in [0.15, 0.2) is 42.7 Å². The molecule has 0 bridgehead atoms. The number of hydrogen-bond donors (Lipinski definition) is 0. The molecule has 0 saturated carbocycles. The summed E-state index contributed by atoms with van der Waals surface area (Å²) in [6, 6.07) is 8.78. The van der Waals surface area contributed by atoms with Gasteiger partial charge in [0.15, 0.2) is 9.84 Å². The lowest BCUT2D eigenvalue weighted by atomic mass is 10.1. The lowest BCUT2D eigenvalue weighted by Crippen LogP contribution is -2.45. The minimum absolute atomic E-state index is 0.0133. The Morgan fingerprint density at radius 2 is 2.07 bits per heavy atom. The van der Waals surface area contributed by atoms with E-state index in [0.717, 1.165) is 18.5 Å². The van der Waals surface area contributed by atoms with Gasteiger partial charge in [0, 0.05) is 37.2 Å². The van der Waals surface area contributed by atoms with E-state index in [1.54, 1.807) is 27.9 Å². The number of benzene rings is 1. The summed E-state index contributed by atoms with van der Waals surface area (Å²) in [6.07, 6.45) is 5.90. The average molecular weight is 389 g/mol. The van der Waals surface area contributed by atoms with Gasteiger partial charge in [0.2, 0.25) is 0 Å². The van der Waals surface area contributed by atoms with Crippen molar-refractivity contribution in [1.29, 1.82) is 0 Å². The fourth-order valence-electron chi connectivity index (χ4n) is 3.77. The van der Waals surface area contributed by atoms with Gasteiger partial charge in [-0.2, -0.15) is 5.10 Å². The molecule has 1 amide bonds. The molecule has 2 aliphatic rings. The van der Waals surface area contributed by atoms with Crippen LogP contribution < -0.4 is 0 Å². The van der Waals surface area contributed by atoms with Gasteiger partial charge in [-0.3, -0.25) is 4.79 Å². The quantitative estimate of drug-likeness (QED) is 0.777. The van der Waals surface area contributed by atoms with Gasteiger partial charge in [-0.1, -0.05) is 0 Å². The van der Waals surface area contributed by atoms with Gasteiger partial charge >= 0.3 is 0 Å². The Labute approximate surface area is 158 Å². The smallest absolute Gasteiger partial charge is 0.254 e. The molecule has 0 radical (unpaired) electrons. The van der Waals surface area contributed by atoms with Crippen molar-refractivity contribution in [3.05, 3.63) is 48.3 Å². The molecule has 144 valence electrons. The summed E-state index contributed by atoms with van der Waals surface area (Å²) in [5, 5.41) is 4.18. The van der Waals surface area contributed by atoms with Crippen LogP contribution in [-0.4, -0.2) is 65.8 Å². The molecule has 8 heteroatoms. The second-order valence-corrected chi connectivity index (χ2v) is 9.38. The molecule has 2 saturated heterocycles. The fraction of sp³-hybridized carbons (Fsp3) is 0.474. The van der Waals surface area contributed by atoms with Crippen molar-refractivity contribution >= 4 is 15.7 Å². The minimum Gasteiger partial charge on any atom is -0.376 e. The zero-order valence-corrected chi connectivity index (χ0v) is 15.8. The average Bonchev–Trinajstić information content (AvgIpc) is 3.41. The molecule has 3 heterocycles.